The molecule has 0 aromatic rings. The van der Waals surface area contributed by atoms with Crippen LogP contribution in [0.4, 0.5) is 0 Å². The molecule has 0 bridgehead atoms. The van der Waals surface area contributed by atoms with Gasteiger partial charge in [-0.2, -0.15) is 0 Å². The van der Waals surface area contributed by atoms with Gasteiger partial charge in [0.25, 0.3) is 0 Å². The Morgan fingerprint density at radius 2 is 1.97 bits per heavy atom. The van der Waals surface area contributed by atoms with E-state index >= 15 is 0 Å². The SMILES string of the molecule is CCC(C)C(=O)OC1C(O)C(C)(O)C(C)(C(CC2=CC(=O)OC2)OC(C)=O)C2CCCC3(CO3)C12CO. The third-order valence-electron chi connectivity index (χ3n) is 9.89. The Morgan fingerprint density at radius 3 is 2.49 bits per heavy atom. The summed E-state index contributed by atoms with van der Waals surface area (Å²) >= 11 is 0. The van der Waals surface area contributed by atoms with Crippen molar-refractivity contribution in [1.29, 1.82) is 0 Å². The fourth-order valence-electron chi connectivity index (χ4n) is 7.26. The van der Waals surface area contributed by atoms with Gasteiger partial charge in [-0.25, -0.2) is 4.79 Å². The molecule has 3 fully saturated rings. The van der Waals surface area contributed by atoms with Crippen LogP contribution in [0.2, 0.25) is 0 Å². The number of fused-ring (bicyclic) bond motifs is 2. The van der Waals surface area contributed by atoms with Gasteiger partial charge in [-0.05, 0) is 37.7 Å². The second kappa shape index (κ2) is 9.63. The molecule has 4 rings (SSSR count). The number of aliphatic hydroxyl groups is 3. The maximum Gasteiger partial charge on any atom is 0.331 e. The van der Waals surface area contributed by atoms with Gasteiger partial charge in [0.05, 0.1) is 24.5 Å². The maximum atomic E-state index is 13.0. The minimum Gasteiger partial charge on any atom is -0.462 e. The lowest BCUT2D eigenvalue weighted by Crippen LogP contribution is -2.79. The Morgan fingerprint density at radius 1 is 1.30 bits per heavy atom. The lowest BCUT2D eigenvalue weighted by molar-refractivity contribution is -0.326. The highest BCUT2D eigenvalue weighted by Crippen LogP contribution is 2.70. The summed E-state index contributed by atoms with van der Waals surface area (Å²) in [6.07, 6.45) is -0.0811. The standard InChI is InChI=1S/C27H40O10/c1-6-15(2)23(32)37-22-21(31)25(5,33)24(4,18-8-7-9-26(14-35-26)27(18,22)13-28)19(36-16(3)29)10-17-11-20(30)34-12-17/h11,15,18-19,21-22,28,31,33H,6-10,12-14H2,1-5H3. The van der Waals surface area contributed by atoms with Gasteiger partial charge < -0.3 is 34.3 Å². The first kappa shape index (κ1) is 28.0. The normalized spacial score (nSPS) is 42.3. The zero-order valence-corrected chi connectivity index (χ0v) is 22.3. The van der Waals surface area contributed by atoms with Gasteiger partial charge in [0.15, 0.2) is 0 Å². The van der Waals surface area contributed by atoms with Crippen LogP contribution >= 0.6 is 0 Å². The van der Waals surface area contributed by atoms with Crippen molar-refractivity contribution in [3.63, 3.8) is 0 Å². The highest BCUT2D eigenvalue weighted by atomic mass is 16.6. The van der Waals surface area contributed by atoms with Gasteiger partial charge in [-0.15, -0.1) is 0 Å². The monoisotopic (exact) mass is 524 g/mol. The molecule has 0 radical (unpaired) electrons. The summed E-state index contributed by atoms with van der Waals surface area (Å²) in [4.78, 5) is 37.1. The molecule has 10 heteroatoms. The molecule has 0 aromatic heterocycles. The largest absolute Gasteiger partial charge is 0.462 e. The molecule has 9 atom stereocenters. The van der Waals surface area contributed by atoms with Crippen molar-refractivity contribution in [3.05, 3.63) is 11.6 Å². The summed E-state index contributed by atoms with van der Waals surface area (Å²) in [5.41, 5.74) is -4.76. The number of cyclic esters (lactones) is 1. The third-order valence-corrected chi connectivity index (χ3v) is 9.89. The van der Waals surface area contributed by atoms with Crippen LogP contribution in [0.3, 0.4) is 0 Å². The van der Waals surface area contributed by atoms with E-state index in [9.17, 15) is 29.7 Å². The molecule has 0 aromatic carbocycles. The van der Waals surface area contributed by atoms with E-state index in [0.29, 0.717) is 37.9 Å². The zero-order chi connectivity index (χ0) is 27.4. The van der Waals surface area contributed by atoms with Crippen molar-refractivity contribution in [2.24, 2.45) is 22.7 Å². The van der Waals surface area contributed by atoms with Crippen LogP contribution in [0.15, 0.2) is 11.6 Å². The summed E-state index contributed by atoms with van der Waals surface area (Å²) in [6.45, 7) is 7.93. The number of hydrogen-bond donors (Lipinski definition) is 3. The fourth-order valence-corrected chi connectivity index (χ4v) is 7.26. The van der Waals surface area contributed by atoms with Crippen LogP contribution in [0.5, 0.6) is 0 Å². The lowest BCUT2D eigenvalue weighted by atomic mass is 9.40. The maximum absolute atomic E-state index is 13.0. The van der Waals surface area contributed by atoms with E-state index in [1.165, 1.54) is 19.9 Å². The van der Waals surface area contributed by atoms with Crippen molar-refractivity contribution < 1.29 is 48.7 Å². The Labute approximate surface area is 217 Å². The Bertz CT molecular complexity index is 968. The molecule has 9 unspecified atom stereocenters. The van der Waals surface area contributed by atoms with Gasteiger partial charge in [-0.3, -0.25) is 9.59 Å². The molecule has 2 aliphatic carbocycles. The molecular formula is C27H40O10. The van der Waals surface area contributed by atoms with E-state index in [1.807, 2.05) is 6.92 Å². The molecular weight excluding hydrogens is 484 g/mol. The number of hydrogen-bond acceptors (Lipinski definition) is 10. The van der Waals surface area contributed by atoms with Crippen molar-refractivity contribution in [2.75, 3.05) is 19.8 Å². The molecule has 37 heavy (non-hydrogen) atoms. The van der Waals surface area contributed by atoms with Crippen molar-refractivity contribution in [1.82, 2.24) is 0 Å². The first-order chi connectivity index (χ1) is 17.3. The fraction of sp³-hybridized carbons (Fsp3) is 0.815. The van der Waals surface area contributed by atoms with E-state index in [0.717, 1.165) is 0 Å². The van der Waals surface area contributed by atoms with E-state index in [-0.39, 0.29) is 13.0 Å². The molecule has 1 saturated heterocycles. The summed E-state index contributed by atoms with van der Waals surface area (Å²) in [6, 6.07) is 0. The Balaban J connectivity index is 1.87. The minimum absolute atomic E-state index is 0.0371. The molecule has 10 nitrogen and oxygen atoms in total. The molecule has 208 valence electrons. The first-order valence-corrected chi connectivity index (χ1v) is 13.2. The number of aliphatic hydroxyl groups excluding tert-OH is 2. The van der Waals surface area contributed by atoms with E-state index in [1.54, 1.807) is 13.8 Å². The van der Waals surface area contributed by atoms with E-state index in [4.69, 9.17) is 18.9 Å². The molecule has 2 heterocycles. The second-order valence-electron chi connectivity index (χ2n) is 11.7. The smallest absolute Gasteiger partial charge is 0.331 e. The van der Waals surface area contributed by atoms with Crippen LogP contribution in [0, 0.1) is 22.7 Å². The average molecular weight is 525 g/mol. The molecule has 3 N–H and O–H groups in total. The van der Waals surface area contributed by atoms with Gasteiger partial charge >= 0.3 is 17.9 Å². The second-order valence-corrected chi connectivity index (χ2v) is 11.7. The predicted octanol–water partition coefficient (Wildman–Crippen LogP) is 1.43. The number of esters is 3. The number of carbonyl (C=O) groups excluding carboxylic acids is 3. The van der Waals surface area contributed by atoms with Gasteiger partial charge in [0.1, 0.15) is 36.1 Å². The molecule has 0 amide bonds. The highest BCUT2D eigenvalue weighted by Gasteiger charge is 2.80. The summed E-state index contributed by atoms with van der Waals surface area (Å²) in [5, 5.41) is 35.0. The van der Waals surface area contributed by atoms with Gasteiger partial charge in [0, 0.05) is 24.8 Å². The summed E-state index contributed by atoms with van der Waals surface area (Å²) < 4.78 is 22.8. The lowest BCUT2D eigenvalue weighted by Gasteiger charge is -2.67. The highest BCUT2D eigenvalue weighted by molar-refractivity contribution is 5.85. The summed E-state index contributed by atoms with van der Waals surface area (Å²) in [7, 11) is 0. The van der Waals surface area contributed by atoms with Crippen molar-refractivity contribution in [3.8, 4) is 0 Å². The Hall–Kier alpha value is -2.01. The van der Waals surface area contributed by atoms with Crippen LogP contribution in [-0.2, 0) is 33.3 Å². The average Bonchev–Trinajstić information content (AvgIpc) is 3.51. The van der Waals surface area contributed by atoms with Crippen molar-refractivity contribution in [2.45, 2.75) is 96.2 Å². The van der Waals surface area contributed by atoms with E-state index in [2.05, 4.69) is 0 Å². The minimum atomic E-state index is -1.92. The summed E-state index contributed by atoms with van der Waals surface area (Å²) in [5.74, 6) is -2.63. The third kappa shape index (κ3) is 4.11. The van der Waals surface area contributed by atoms with Gasteiger partial charge in [-0.1, -0.05) is 27.2 Å². The van der Waals surface area contributed by atoms with Gasteiger partial charge in [0.2, 0.25) is 0 Å². The predicted molar refractivity (Wildman–Crippen MR) is 129 cm³/mol. The zero-order valence-electron chi connectivity index (χ0n) is 22.3. The van der Waals surface area contributed by atoms with Crippen LogP contribution < -0.4 is 0 Å². The molecule has 1 spiro atoms. The molecule has 4 aliphatic rings. The van der Waals surface area contributed by atoms with Crippen LogP contribution in [-0.4, -0.2) is 82.6 Å². The van der Waals surface area contributed by atoms with E-state index < -0.39 is 76.7 Å². The first-order valence-electron chi connectivity index (χ1n) is 13.2. The molecule has 2 saturated carbocycles. The van der Waals surface area contributed by atoms with Crippen LogP contribution in [0.25, 0.3) is 0 Å². The number of carbonyl (C=O) groups is 3. The molecule has 2 aliphatic heterocycles. The van der Waals surface area contributed by atoms with Crippen LogP contribution in [0.1, 0.15) is 66.7 Å². The van der Waals surface area contributed by atoms with Crippen molar-refractivity contribution >= 4 is 17.9 Å². The Kier molecular flexibility index (Phi) is 7.29. The number of rotatable bonds is 8. The quantitative estimate of drug-likeness (QED) is 0.241. The number of ether oxygens (including phenoxy) is 4. The number of epoxide rings is 1. The topological polar surface area (TPSA) is 152 Å².